The molecule has 1 aliphatic rings. The van der Waals surface area contributed by atoms with Crippen LogP contribution in [0.5, 0.6) is 0 Å². The van der Waals surface area contributed by atoms with Gasteiger partial charge in [-0.25, -0.2) is 9.37 Å². The average Bonchev–Trinajstić information content (AvgIpc) is 2.56. The first-order valence-corrected chi connectivity index (χ1v) is 8.62. The number of hydrogen-bond acceptors (Lipinski definition) is 3. The molecule has 0 aliphatic carbocycles. The molecule has 2 heterocycles. The van der Waals surface area contributed by atoms with E-state index in [4.69, 9.17) is 0 Å². The van der Waals surface area contributed by atoms with Gasteiger partial charge in [0.1, 0.15) is 11.6 Å². The minimum absolute atomic E-state index is 0.0140. The molecule has 1 aromatic carbocycles. The van der Waals surface area contributed by atoms with Crippen molar-refractivity contribution in [3.63, 3.8) is 0 Å². The van der Waals surface area contributed by atoms with Crippen molar-refractivity contribution in [3.8, 4) is 0 Å². The van der Waals surface area contributed by atoms with Gasteiger partial charge in [0, 0.05) is 39.2 Å². The third-order valence-electron chi connectivity index (χ3n) is 4.05. The van der Waals surface area contributed by atoms with Gasteiger partial charge in [0.15, 0.2) is 0 Å². The molecule has 0 bridgehead atoms. The fourth-order valence-corrected chi connectivity index (χ4v) is 2.77. The molecular weight excluding hydrogens is 317 g/mol. The Bertz CT molecular complexity index is 701. The first-order chi connectivity index (χ1) is 12.0. The molecule has 25 heavy (non-hydrogen) atoms. The molecule has 1 N–H and O–H groups in total. The van der Waals surface area contributed by atoms with E-state index >= 15 is 0 Å². The number of fused-ring (bicyclic) bond motifs is 1. The third-order valence-corrected chi connectivity index (χ3v) is 4.05. The number of aryl methyl sites for hydroxylation is 2. The molecule has 0 atom stereocenters. The number of pyridine rings is 1. The summed E-state index contributed by atoms with van der Waals surface area (Å²) >= 11 is 0. The Morgan fingerprint density at radius 1 is 1.32 bits per heavy atom. The highest BCUT2D eigenvalue weighted by Crippen LogP contribution is 2.23. The highest BCUT2D eigenvalue weighted by molar-refractivity contribution is 5.72. The molecule has 1 aliphatic heterocycles. The first kappa shape index (κ1) is 18.9. The van der Waals surface area contributed by atoms with E-state index in [0.29, 0.717) is 6.54 Å². The molecule has 0 saturated carbocycles. The first-order valence-electron chi connectivity index (χ1n) is 8.62. The number of carbonyl (C=O) groups is 1. The van der Waals surface area contributed by atoms with Crippen molar-refractivity contribution in [2.75, 3.05) is 25.0 Å². The lowest BCUT2D eigenvalue weighted by molar-refractivity contribution is -0.118. The van der Waals surface area contributed by atoms with Crippen molar-refractivity contribution in [2.24, 2.45) is 0 Å². The molecule has 2 aromatic rings. The number of amides is 1. The van der Waals surface area contributed by atoms with E-state index in [1.54, 1.807) is 6.07 Å². The van der Waals surface area contributed by atoms with Crippen LogP contribution in [0.3, 0.4) is 0 Å². The van der Waals surface area contributed by atoms with Crippen molar-refractivity contribution in [3.05, 3.63) is 59.0 Å². The number of rotatable bonds is 3. The number of nitrogens with zero attached hydrogens (tertiary/aromatic N) is 2. The standard InChI is InChI=1S/C13H19N3O.C7H7F/c1-10(17)14-8-7-12-6-5-11-4-3-9-16(2)13(11)15-12;1-6-3-2-4-7(8)5-6/h5-6H,3-4,7-9H2,1-2H3,(H,14,17);2-5H,1H3. The van der Waals surface area contributed by atoms with Crippen molar-refractivity contribution in [1.82, 2.24) is 10.3 Å². The summed E-state index contributed by atoms with van der Waals surface area (Å²) in [5.74, 6) is 0.960. The van der Waals surface area contributed by atoms with E-state index in [1.165, 1.54) is 31.0 Å². The number of benzene rings is 1. The summed E-state index contributed by atoms with van der Waals surface area (Å²) < 4.78 is 12.2. The lowest BCUT2D eigenvalue weighted by Crippen LogP contribution is -2.27. The smallest absolute Gasteiger partial charge is 0.216 e. The summed E-state index contributed by atoms with van der Waals surface area (Å²) in [5, 5.41) is 2.79. The number of aromatic nitrogens is 1. The molecule has 3 rings (SSSR count). The van der Waals surface area contributed by atoms with Crippen molar-refractivity contribution < 1.29 is 9.18 Å². The maximum atomic E-state index is 12.2. The topological polar surface area (TPSA) is 45.2 Å². The van der Waals surface area contributed by atoms with Crippen LogP contribution >= 0.6 is 0 Å². The molecule has 5 heteroatoms. The van der Waals surface area contributed by atoms with Gasteiger partial charge in [-0.2, -0.15) is 0 Å². The van der Waals surface area contributed by atoms with Gasteiger partial charge in [0.25, 0.3) is 0 Å². The van der Waals surface area contributed by atoms with Crippen molar-refractivity contribution in [1.29, 1.82) is 0 Å². The van der Waals surface area contributed by atoms with Gasteiger partial charge in [-0.15, -0.1) is 0 Å². The van der Waals surface area contributed by atoms with E-state index in [0.717, 1.165) is 36.5 Å². The molecular formula is C20H26FN3O. The van der Waals surface area contributed by atoms with Gasteiger partial charge in [0.2, 0.25) is 5.91 Å². The maximum absolute atomic E-state index is 12.2. The van der Waals surface area contributed by atoms with Gasteiger partial charge in [-0.3, -0.25) is 4.79 Å². The van der Waals surface area contributed by atoms with Crippen LogP contribution in [-0.4, -0.2) is 31.0 Å². The molecule has 134 valence electrons. The van der Waals surface area contributed by atoms with Gasteiger partial charge in [0.05, 0.1) is 0 Å². The van der Waals surface area contributed by atoms with Gasteiger partial charge in [-0.05, 0) is 49.1 Å². The Morgan fingerprint density at radius 2 is 2.12 bits per heavy atom. The number of nitrogens with one attached hydrogen (secondary N) is 1. The van der Waals surface area contributed by atoms with Gasteiger partial charge < -0.3 is 10.2 Å². The number of carbonyl (C=O) groups excluding carboxylic acids is 1. The summed E-state index contributed by atoms with van der Waals surface area (Å²) in [6, 6.07) is 10.7. The van der Waals surface area contributed by atoms with Crippen LogP contribution in [0.4, 0.5) is 10.2 Å². The molecule has 1 aromatic heterocycles. The molecule has 0 spiro atoms. The lowest BCUT2D eigenvalue weighted by atomic mass is 10.1. The normalized spacial score (nSPS) is 12.7. The Labute approximate surface area is 149 Å². The molecule has 0 unspecified atom stereocenters. The SMILES string of the molecule is CC(=O)NCCc1ccc2c(n1)N(C)CCC2.Cc1cccc(F)c1. The van der Waals surface area contributed by atoms with Gasteiger partial charge in [-0.1, -0.05) is 18.2 Å². The predicted molar refractivity (Wildman–Crippen MR) is 99.4 cm³/mol. The molecule has 4 nitrogen and oxygen atoms in total. The zero-order valence-corrected chi connectivity index (χ0v) is 15.2. The highest BCUT2D eigenvalue weighted by Gasteiger charge is 2.15. The van der Waals surface area contributed by atoms with Crippen LogP contribution in [0, 0.1) is 12.7 Å². The Kier molecular flexibility index (Phi) is 6.92. The second kappa shape index (κ2) is 9.16. The molecule has 0 radical (unpaired) electrons. The quantitative estimate of drug-likeness (QED) is 0.930. The number of halogens is 1. The van der Waals surface area contributed by atoms with Crippen LogP contribution in [0.2, 0.25) is 0 Å². The number of hydrogen-bond donors (Lipinski definition) is 1. The third kappa shape index (κ3) is 6.18. The molecule has 1 amide bonds. The van der Waals surface area contributed by atoms with Crippen LogP contribution in [0.15, 0.2) is 36.4 Å². The lowest BCUT2D eigenvalue weighted by Gasteiger charge is -2.26. The van der Waals surface area contributed by atoms with E-state index in [-0.39, 0.29) is 11.7 Å². The summed E-state index contributed by atoms with van der Waals surface area (Å²) in [5.41, 5.74) is 3.35. The second-order valence-electron chi connectivity index (χ2n) is 6.34. The molecule has 0 saturated heterocycles. The van der Waals surface area contributed by atoms with E-state index in [2.05, 4.69) is 34.4 Å². The van der Waals surface area contributed by atoms with E-state index < -0.39 is 0 Å². The van der Waals surface area contributed by atoms with E-state index in [9.17, 15) is 9.18 Å². The van der Waals surface area contributed by atoms with Crippen LogP contribution in [0.25, 0.3) is 0 Å². The summed E-state index contributed by atoms with van der Waals surface area (Å²) in [6.45, 7) is 5.14. The van der Waals surface area contributed by atoms with Crippen LogP contribution in [-0.2, 0) is 17.6 Å². The van der Waals surface area contributed by atoms with Gasteiger partial charge >= 0.3 is 0 Å². The average molecular weight is 343 g/mol. The van der Waals surface area contributed by atoms with Crippen LogP contribution < -0.4 is 10.2 Å². The highest BCUT2D eigenvalue weighted by atomic mass is 19.1. The zero-order chi connectivity index (χ0) is 18.2. The monoisotopic (exact) mass is 343 g/mol. The Balaban J connectivity index is 0.000000236. The second-order valence-corrected chi connectivity index (χ2v) is 6.34. The van der Waals surface area contributed by atoms with Crippen molar-refractivity contribution >= 4 is 11.7 Å². The Hall–Kier alpha value is -2.43. The number of anilines is 1. The van der Waals surface area contributed by atoms with Crippen molar-refractivity contribution in [2.45, 2.75) is 33.1 Å². The molecule has 0 fully saturated rings. The predicted octanol–water partition coefficient (Wildman–Crippen LogP) is 3.28. The fraction of sp³-hybridized carbons (Fsp3) is 0.400. The summed E-state index contributed by atoms with van der Waals surface area (Å²) in [6.07, 6.45) is 3.12. The minimum Gasteiger partial charge on any atom is -0.359 e. The van der Waals surface area contributed by atoms with E-state index in [1.807, 2.05) is 13.0 Å². The zero-order valence-electron chi connectivity index (χ0n) is 15.2. The minimum atomic E-state index is -0.162. The largest absolute Gasteiger partial charge is 0.359 e. The van der Waals surface area contributed by atoms with Crippen LogP contribution in [0.1, 0.15) is 30.2 Å². The summed E-state index contributed by atoms with van der Waals surface area (Å²) in [4.78, 5) is 17.7. The maximum Gasteiger partial charge on any atom is 0.216 e. The Morgan fingerprint density at radius 3 is 2.76 bits per heavy atom. The summed E-state index contributed by atoms with van der Waals surface area (Å²) in [7, 11) is 2.09. The fourth-order valence-electron chi connectivity index (χ4n) is 2.77.